The third kappa shape index (κ3) is 4.30. The fourth-order valence-corrected chi connectivity index (χ4v) is 2.86. The summed E-state index contributed by atoms with van der Waals surface area (Å²) in [6.07, 6.45) is 0. The summed E-state index contributed by atoms with van der Waals surface area (Å²) in [7, 11) is 1.58. The normalized spacial score (nSPS) is 10.5. The number of nitrogens with one attached hydrogen (secondary N) is 2. The second-order valence-corrected chi connectivity index (χ2v) is 6.52. The summed E-state index contributed by atoms with van der Waals surface area (Å²) in [4.78, 5) is 27.0. The third-order valence-electron chi connectivity index (χ3n) is 3.49. The number of halogens is 1. The molecule has 3 aromatic rings. The van der Waals surface area contributed by atoms with E-state index in [9.17, 15) is 9.59 Å². The first-order valence-corrected chi connectivity index (χ1v) is 8.52. The lowest BCUT2D eigenvalue weighted by Crippen LogP contribution is -2.21. The number of aromatic amines is 1. The van der Waals surface area contributed by atoms with Gasteiger partial charge in [-0.15, -0.1) is 0 Å². The maximum Gasteiger partial charge on any atom is 0.355 e. The van der Waals surface area contributed by atoms with Gasteiger partial charge in [-0.05, 0) is 59.0 Å². The van der Waals surface area contributed by atoms with Gasteiger partial charge >= 0.3 is 5.97 Å². The van der Waals surface area contributed by atoms with Gasteiger partial charge in [0, 0.05) is 26.2 Å². The number of rotatable bonds is 5. The highest BCUT2D eigenvalue weighted by Gasteiger charge is 2.13. The van der Waals surface area contributed by atoms with Crippen LogP contribution >= 0.6 is 22.6 Å². The van der Waals surface area contributed by atoms with Crippen LogP contribution in [0.2, 0.25) is 0 Å². The molecule has 0 aliphatic carbocycles. The lowest BCUT2D eigenvalue weighted by atomic mass is 10.2. The number of esters is 1. The lowest BCUT2D eigenvalue weighted by Gasteiger charge is -2.06. The van der Waals surface area contributed by atoms with Gasteiger partial charge in [0.2, 0.25) is 0 Å². The Balaban J connectivity index is 1.61. The van der Waals surface area contributed by atoms with Crippen molar-refractivity contribution in [3.63, 3.8) is 0 Å². The van der Waals surface area contributed by atoms with Crippen LogP contribution in [0.3, 0.4) is 0 Å². The molecule has 0 fully saturated rings. The molecule has 2 N–H and O–H groups in total. The number of benzene rings is 2. The van der Waals surface area contributed by atoms with Crippen LogP contribution in [-0.4, -0.2) is 30.6 Å². The van der Waals surface area contributed by atoms with E-state index in [1.807, 2.05) is 24.3 Å². The van der Waals surface area contributed by atoms with Crippen LogP contribution in [0.15, 0.2) is 48.5 Å². The van der Waals surface area contributed by atoms with Crippen molar-refractivity contribution in [1.82, 2.24) is 4.98 Å². The molecule has 0 unspecified atom stereocenters. The number of H-pyrrole nitrogens is 1. The first-order valence-electron chi connectivity index (χ1n) is 7.44. The molecule has 25 heavy (non-hydrogen) atoms. The van der Waals surface area contributed by atoms with Gasteiger partial charge < -0.3 is 19.8 Å². The van der Waals surface area contributed by atoms with E-state index >= 15 is 0 Å². The molecule has 128 valence electrons. The van der Waals surface area contributed by atoms with Crippen molar-refractivity contribution in [2.45, 2.75) is 0 Å². The summed E-state index contributed by atoms with van der Waals surface area (Å²) in [6.45, 7) is -0.358. The molecule has 1 amide bonds. The SMILES string of the molecule is COc1ccc2cc(C(=O)OCC(=O)Nc3cccc(I)c3)[nH]c2c1. The molecular weight excluding hydrogens is 435 g/mol. The summed E-state index contributed by atoms with van der Waals surface area (Å²) in [5.41, 5.74) is 1.70. The Morgan fingerprint density at radius 1 is 1.16 bits per heavy atom. The molecule has 1 aromatic heterocycles. The van der Waals surface area contributed by atoms with Gasteiger partial charge in [-0.2, -0.15) is 0 Å². The number of hydrogen-bond acceptors (Lipinski definition) is 4. The largest absolute Gasteiger partial charge is 0.497 e. The molecule has 1 heterocycles. The second kappa shape index (κ2) is 7.56. The van der Waals surface area contributed by atoms with Crippen LogP contribution in [0.1, 0.15) is 10.5 Å². The Kier molecular flexibility index (Phi) is 5.22. The number of carbonyl (C=O) groups excluding carboxylic acids is 2. The van der Waals surface area contributed by atoms with E-state index in [2.05, 4.69) is 32.9 Å². The van der Waals surface area contributed by atoms with Gasteiger partial charge in [0.15, 0.2) is 6.61 Å². The number of carbonyl (C=O) groups is 2. The number of fused-ring (bicyclic) bond motifs is 1. The average molecular weight is 450 g/mol. The Bertz CT molecular complexity index is 936. The van der Waals surface area contributed by atoms with Crippen molar-refractivity contribution >= 4 is 51.1 Å². The molecule has 7 heteroatoms. The van der Waals surface area contributed by atoms with E-state index < -0.39 is 11.9 Å². The molecule has 6 nitrogen and oxygen atoms in total. The maximum atomic E-state index is 12.1. The minimum atomic E-state index is -0.590. The Morgan fingerprint density at radius 3 is 2.76 bits per heavy atom. The summed E-state index contributed by atoms with van der Waals surface area (Å²) in [5, 5.41) is 3.54. The predicted molar refractivity (Wildman–Crippen MR) is 103 cm³/mol. The molecular formula is C18H15IN2O4. The van der Waals surface area contributed by atoms with E-state index in [1.54, 1.807) is 31.4 Å². The van der Waals surface area contributed by atoms with Gasteiger partial charge in [0.25, 0.3) is 5.91 Å². The molecule has 0 bridgehead atoms. The smallest absolute Gasteiger partial charge is 0.355 e. The number of ether oxygens (including phenoxy) is 2. The molecule has 0 saturated heterocycles. The molecule has 0 aliphatic heterocycles. The zero-order valence-corrected chi connectivity index (χ0v) is 15.5. The van der Waals surface area contributed by atoms with Crippen LogP contribution in [0.5, 0.6) is 5.75 Å². The monoisotopic (exact) mass is 450 g/mol. The maximum absolute atomic E-state index is 12.1. The van der Waals surface area contributed by atoms with Gasteiger partial charge in [0.1, 0.15) is 11.4 Å². The lowest BCUT2D eigenvalue weighted by molar-refractivity contribution is -0.119. The Hall–Kier alpha value is -2.55. The highest BCUT2D eigenvalue weighted by atomic mass is 127. The zero-order chi connectivity index (χ0) is 17.8. The summed E-state index contributed by atoms with van der Waals surface area (Å²) in [5.74, 6) is -0.299. The van der Waals surface area contributed by atoms with Crippen molar-refractivity contribution in [2.24, 2.45) is 0 Å². The van der Waals surface area contributed by atoms with Crippen LogP contribution < -0.4 is 10.1 Å². The average Bonchev–Trinajstić information content (AvgIpc) is 3.02. The summed E-state index contributed by atoms with van der Waals surface area (Å²) >= 11 is 2.15. The van der Waals surface area contributed by atoms with Crippen LogP contribution in [0.4, 0.5) is 5.69 Å². The number of aromatic nitrogens is 1. The van der Waals surface area contributed by atoms with Crippen molar-refractivity contribution in [2.75, 3.05) is 19.0 Å². The number of methoxy groups -OCH3 is 1. The minimum absolute atomic E-state index is 0.283. The van der Waals surface area contributed by atoms with E-state index in [0.717, 1.165) is 14.5 Å². The highest BCUT2D eigenvalue weighted by molar-refractivity contribution is 14.1. The first-order chi connectivity index (χ1) is 12.0. The minimum Gasteiger partial charge on any atom is -0.497 e. The molecule has 2 aromatic carbocycles. The molecule has 0 radical (unpaired) electrons. The molecule has 3 rings (SSSR count). The Morgan fingerprint density at radius 2 is 2.00 bits per heavy atom. The molecule has 0 aliphatic rings. The van der Waals surface area contributed by atoms with E-state index in [1.165, 1.54) is 0 Å². The quantitative estimate of drug-likeness (QED) is 0.460. The number of hydrogen-bond donors (Lipinski definition) is 2. The summed E-state index contributed by atoms with van der Waals surface area (Å²) in [6, 6.07) is 14.5. The van der Waals surface area contributed by atoms with Crippen molar-refractivity contribution in [1.29, 1.82) is 0 Å². The number of amides is 1. The third-order valence-corrected chi connectivity index (χ3v) is 4.16. The fourth-order valence-electron chi connectivity index (χ4n) is 2.32. The van der Waals surface area contributed by atoms with Gasteiger partial charge in [-0.25, -0.2) is 4.79 Å². The van der Waals surface area contributed by atoms with E-state index in [4.69, 9.17) is 9.47 Å². The highest BCUT2D eigenvalue weighted by Crippen LogP contribution is 2.21. The zero-order valence-electron chi connectivity index (χ0n) is 13.3. The van der Waals surface area contributed by atoms with Gasteiger partial charge in [-0.3, -0.25) is 4.79 Å². The van der Waals surface area contributed by atoms with Crippen molar-refractivity contribution in [3.8, 4) is 5.75 Å². The van der Waals surface area contributed by atoms with Gasteiger partial charge in [0.05, 0.1) is 7.11 Å². The topological polar surface area (TPSA) is 80.4 Å². The number of anilines is 1. The summed E-state index contributed by atoms with van der Waals surface area (Å²) < 4.78 is 11.2. The Labute approximate surface area is 157 Å². The van der Waals surface area contributed by atoms with Crippen LogP contribution in [0, 0.1) is 3.57 Å². The van der Waals surface area contributed by atoms with Crippen molar-refractivity contribution < 1.29 is 19.1 Å². The van der Waals surface area contributed by atoms with Crippen LogP contribution in [-0.2, 0) is 9.53 Å². The van der Waals surface area contributed by atoms with Crippen molar-refractivity contribution in [3.05, 3.63) is 57.8 Å². The van der Waals surface area contributed by atoms with Gasteiger partial charge in [-0.1, -0.05) is 6.07 Å². The fraction of sp³-hybridized carbons (Fsp3) is 0.111. The standard InChI is InChI=1S/C18H15IN2O4/c1-24-14-6-5-11-7-16(21-15(11)9-14)18(23)25-10-17(22)20-13-4-2-3-12(19)8-13/h2-9,21H,10H2,1H3,(H,20,22). The second-order valence-electron chi connectivity index (χ2n) is 5.27. The van der Waals surface area contributed by atoms with Crippen LogP contribution in [0.25, 0.3) is 10.9 Å². The first kappa shape index (κ1) is 17.3. The molecule has 0 saturated carbocycles. The predicted octanol–water partition coefficient (Wildman–Crippen LogP) is 3.58. The van der Waals surface area contributed by atoms with E-state index in [0.29, 0.717) is 11.4 Å². The van der Waals surface area contributed by atoms with E-state index in [-0.39, 0.29) is 12.3 Å². The molecule has 0 atom stereocenters. The molecule has 0 spiro atoms.